The van der Waals surface area contributed by atoms with Crippen LogP contribution in [0.2, 0.25) is 0 Å². The average molecular weight is 273 g/mol. The molecule has 0 bridgehead atoms. The summed E-state index contributed by atoms with van der Waals surface area (Å²) in [5.74, 6) is 0.263. The number of benzene rings is 1. The van der Waals surface area contributed by atoms with Crippen molar-refractivity contribution in [3.63, 3.8) is 0 Å². The Morgan fingerprint density at radius 3 is 2.85 bits per heavy atom. The molecule has 2 atom stereocenters. The third kappa shape index (κ3) is 3.70. The molecule has 1 aromatic rings. The fraction of sp³-hybridized carbons (Fsp3) is 0.471. The lowest BCUT2D eigenvalue weighted by molar-refractivity contribution is -0.125. The summed E-state index contributed by atoms with van der Waals surface area (Å²) in [5, 5.41) is 3.03. The molecule has 1 aliphatic rings. The van der Waals surface area contributed by atoms with Crippen molar-refractivity contribution in [3.05, 3.63) is 47.5 Å². The second-order valence-corrected chi connectivity index (χ2v) is 5.31. The Labute approximate surface area is 121 Å². The summed E-state index contributed by atoms with van der Waals surface area (Å²) < 4.78 is 5.53. The van der Waals surface area contributed by atoms with E-state index < -0.39 is 0 Å². The van der Waals surface area contributed by atoms with Crippen LogP contribution in [0.25, 0.3) is 0 Å². The minimum absolute atomic E-state index is 0.0840. The monoisotopic (exact) mass is 273 g/mol. The molecule has 1 aromatic carbocycles. The van der Waals surface area contributed by atoms with E-state index in [0.717, 1.165) is 24.8 Å². The van der Waals surface area contributed by atoms with E-state index in [1.807, 2.05) is 12.1 Å². The fourth-order valence-corrected chi connectivity index (χ4v) is 2.64. The van der Waals surface area contributed by atoms with Gasteiger partial charge in [-0.15, -0.1) is 0 Å². The van der Waals surface area contributed by atoms with E-state index in [2.05, 4.69) is 36.5 Å². The number of methoxy groups -OCH3 is 1. The standard InChI is InChI=1S/C17H23NO2/c1-13-8-6-7-11-15(13)16(20-2)12-18-17(19)14-9-4-3-5-10-14/h3-4,6-8,11,14,16H,5,9-10,12H2,1-2H3,(H,18,19)/t14-,16-/m1/s1. The van der Waals surface area contributed by atoms with Gasteiger partial charge in [-0.2, -0.15) is 0 Å². The minimum Gasteiger partial charge on any atom is -0.375 e. The molecular formula is C17H23NO2. The van der Waals surface area contributed by atoms with Crippen LogP contribution in [0.3, 0.4) is 0 Å². The Bertz CT molecular complexity index is 482. The van der Waals surface area contributed by atoms with Gasteiger partial charge in [0.15, 0.2) is 0 Å². The quantitative estimate of drug-likeness (QED) is 0.837. The van der Waals surface area contributed by atoms with Gasteiger partial charge in [0, 0.05) is 19.6 Å². The van der Waals surface area contributed by atoms with Gasteiger partial charge < -0.3 is 10.1 Å². The molecule has 1 amide bonds. The van der Waals surface area contributed by atoms with Crippen molar-refractivity contribution < 1.29 is 9.53 Å². The van der Waals surface area contributed by atoms with Gasteiger partial charge in [-0.05, 0) is 37.3 Å². The first-order chi connectivity index (χ1) is 9.72. The molecule has 0 saturated carbocycles. The van der Waals surface area contributed by atoms with E-state index in [9.17, 15) is 4.79 Å². The Balaban J connectivity index is 1.92. The van der Waals surface area contributed by atoms with E-state index in [4.69, 9.17) is 4.74 Å². The Kier molecular flexibility index (Phi) is 5.36. The number of rotatable bonds is 5. The summed E-state index contributed by atoms with van der Waals surface area (Å²) in [6.07, 6.45) is 6.97. The Hall–Kier alpha value is -1.61. The number of hydrogen-bond acceptors (Lipinski definition) is 2. The van der Waals surface area contributed by atoms with E-state index >= 15 is 0 Å². The third-order valence-corrected chi connectivity index (χ3v) is 3.92. The molecule has 0 spiro atoms. The Morgan fingerprint density at radius 2 is 2.20 bits per heavy atom. The number of amides is 1. The normalized spacial score (nSPS) is 19.6. The summed E-state index contributed by atoms with van der Waals surface area (Å²) in [6, 6.07) is 8.13. The second-order valence-electron chi connectivity index (χ2n) is 5.31. The lowest BCUT2D eigenvalue weighted by Crippen LogP contribution is -2.34. The van der Waals surface area contributed by atoms with E-state index in [1.165, 1.54) is 5.56 Å². The van der Waals surface area contributed by atoms with Gasteiger partial charge in [-0.1, -0.05) is 36.4 Å². The van der Waals surface area contributed by atoms with Crippen LogP contribution in [-0.2, 0) is 9.53 Å². The van der Waals surface area contributed by atoms with Gasteiger partial charge in [-0.3, -0.25) is 4.79 Å². The number of carbonyl (C=O) groups excluding carboxylic acids is 1. The summed E-state index contributed by atoms with van der Waals surface area (Å²) >= 11 is 0. The zero-order chi connectivity index (χ0) is 14.4. The molecule has 0 heterocycles. The van der Waals surface area contributed by atoms with Crippen molar-refractivity contribution in [1.82, 2.24) is 5.32 Å². The largest absolute Gasteiger partial charge is 0.375 e. The van der Waals surface area contributed by atoms with Gasteiger partial charge in [0.1, 0.15) is 0 Å². The summed E-state index contributed by atoms with van der Waals surface area (Å²) in [4.78, 5) is 12.1. The fourth-order valence-electron chi connectivity index (χ4n) is 2.64. The smallest absolute Gasteiger partial charge is 0.223 e. The van der Waals surface area contributed by atoms with Crippen LogP contribution < -0.4 is 5.32 Å². The van der Waals surface area contributed by atoms with Crippen LogP contribution in [0, 0.1) is 12.8 Å². The van der Waals surface area contributed by atoms with Crippen molar-refractivity contribution in [2.24, 2.45) is 5.92 Å². The molecule has 0 unspecified atom stereocenters. The zero-order valence-electron chi connectivity index (χ0n) is 12.3. The Morgan fingerprint density at radius 1 is 1.40 bits per heavy atom. The van der Waals surface area contributed by atoms with Crippen molar-refractivity contribution in [3.8, 4) is 0 Å². The number of ether oxygens (including phenoxy) is 1. The van der Waals surface area contributed by atoms with E-state index in [-0.39, 0.29) is 17.9 Å². The molecule has 0 radical (unpaired) electrons. The molecule has 0 saturated heterocycles. The highest BCUT2D eigenvalue weighted by Gasteiger charge is 2.20. The minimum atomic E-state index is -0.0840. The number of allylic oxidation sites excluding steroid dienone is 2. The number of carbonyl (C=O) groups is 1. The second kappa shape index (κ2) is 7.25. The van der Waals surface area contributed by atoms with Crippen LogP contribution in [0.1, 0.15) is 36.5 Å². The topological polar surface area (TPSA) is 38.3 Å². The lowest BCUT2D eigenvalue weighted by atomic mass is 9.93. The molecule has 1 aliphatic carbocycles. The molecule has 3 heteroatoms. The van der Waals surface area contributed by atoms with Crippen LogP contribution >= 0.6 is 0 Å². The van der Waals surface area contributed by atoms with Gasteiger partial charge in [0.25, 0.3) is 0 Å². The SMILES string of the molecule is CO[C@H](CNC(=O)[C@@H]1CC=CCC1)c1ccccc1C. The van der Waals surface area contributed by atoms with Crippen LogP contribution in [-0.4, -0.2) is 19.6 Å². The molecule has 3 nitrogen and oxygen atoms in total. The lowest BCUT2D eigenvalue weighted by Gasteiger charge is -2.21. The average Bonchev–Trinajstić information content (AvgIpc) is 2.50. The predicted molar refractivity (Wildman–Crippen MR) is 80.4 cm³/mol. The summed E-state index contributed by atoms with van der Waals surface area (Å²) in [6.45, 7) is 2.59. The molecule has 2 rings (SSSR count). The molecule has 20 heavy (non-hydrogen) atoms. The third-order valence-electron chi connectivity index (χ3n) is 3.92. The number of hydrogen-bond donors (Lipinski definition) is 1. The highest BCUT2D eigenvalue weighted by atomic mass is 16.5. The number of aryl methyl sites for hydroxylation is 1. The summed E-state index contributed by atoms with van der Waals surface area (Å²) in [5.41, 5.74) is 2.33. The van der Waals surface area contributed by atoms with Gasteiger partial charge in [0.05, 0.1) is 6.10 Å². The highest BCUT2D eigenvalue weighted by Crippen LogP contribution is 2.21. The predicted octanol–water partition coefficient (Wildman–Crippen LogP) is 3.16. The maximum Gasteiger partial charge on any atom is 0.223 e. The van der Waals surface area contributed by atoms with E-state index in [0.29, 0.717) is 6.54 Å². The van der Waals surface area contributed by atoms with Crippen LogP contribution in [0.5, 0.6) is 0 Å². The van der Waals surface area contributed by atoms with Crippen LogP contribution in [0.4, 0.5) is 0 Å². The molecule has 0 aliphatic heterocycles. The summed E-state index contributed by atoms with van der Waals surface area (Å²) in [7, 11) is 1.69. The van der Waals surface area contributed by atoms with Gasteiger partial charge >= 0.3 is 0 Å². The van der Waals surface area contributed by atoms with Crippen molar-refractivity contribution in [2.45, 2.75) is 32.3 Å². The molecule has 0 fully saturated rings. The van der Waals surface area contributed by atoms with E-state index in [1.54, 1.807) is 7.11 Å². The first-order valence-corrected chi connectivity index (χ1v) is 7.23. The zero-order valence-corrected chi connectivity index (χ0v) is 12.3. The maximum atomic E-state index is 12.1. The molecule has 0 aromatic heterocycles. The van der Waals surface area contributed by atoms with Crippen molar-refractivity contribution in [1.29, 1.82) is 0 Å². The van der Waals surface area contributed by atoms with Crippen molar-refractivity contribution in [2.75, 3.05) is 13.7 Å². The van der Waals surface area contributed by atoms with Crippen LogP contribution in [0.15, 0.2) is 36.4 Å². The van der Waals surface area contributed by atoms with Gasteiger partial charge in [-0.25, -0.2) is 0 Å². The van der Waals surface area contributed by atoms with Gasteiger partial charge in [0.2, 0.25) is 5.91 Å². The first kappa shape index (κ1) is 14.8. The molecule has 108 valence electrons. The first-order valence-electron chi connectivity index (χ1n) is 7.23. The highest BCUT2D eigenvalue weighted by molar-refractivity contribution is 5.79. The van der Waals surface area contributed by atoms with Crippen molar-refractivity contribution >= 4 is 5.91 Å². The molecule has 1 N–H and O–H groups in total. The molecular weight excluding hydrogens is 250 g/mol. The number of nitrogens with one attached hydrogen (secondary N) is 1. The maximum absolute atomic E-state index is 12.1.